The standard InChI is InChI=1S/C26H25Cl4N3O4S/c1-3-31-26(35)17(2)32(15-20-21(28)10-7-11-22(20)29)25(34)16-33(24-14-18(27)12-13-23(24)30)38(36,37)19-8-5-4-6-9-19/h4-14,17H,3,15-16H2,1-2H3,(H,31,35)/t17-/m1/s1. The van der Waals surface area contributed by atoms with Crippen LogP contribution in [0.3, 0.4) is 0 Å². The van der Waals surface area contributed by atoms with Crippen LogP contribution in [0.5, 0.6) is 0 Å². The van der Waals surface area contributed by atoms with Crippen LogP contribution in [0, 0.1) is 0 Å². The Kier molecular flexibility index (Phi) is 10.3. The van der Waals surface area contributed by atoms with Gasteiger partial charge in [0.1, 0.15) is 12.6 Å². The van der Waals surface area contributed by atoms with Crippen molar-refractivity contribution in [3.05, 3.63) is 92.4 Å². The zero-order chi connectivity index (χ0) is 28.0. The third-order valence-corrected chi connectivity index (χ3v) is 8.73. The number of benzene rings is 3. The number of carbonyl (C=O) groups excluding carboxylic acids is 2. The first-order chi connectivity index (χ1) is 18.0. The minimum Gasteiger partial charge on any atom is -0.355 e. The van der Waals surface area contributed by atoms with Crippen molar-refractivity contribution >= 4 is 73.9 Å². The first-order valence-electron chi connectivity index (χ1n) is 11.5. The highest BCUT2D eigenvalue weighted by atomic mass is 35.5. The Balaban J connectivity index is 2.10. The van der Waals surface area contributed by atoms with Gasteiger partial charge >= 0.3 is 0 Å². The fourth-order valence-corrected chi connectivity index (χ4v) is 6.07. The molecule has 0 aliphatic rings. The lowest BCUT2D eigenvalue weighted by Gasteiger charge is -2.32. The average Bonchev–Trinajstić information content (AvgIpc) is 2.88. The fraction of sp³-hybridized carbons (Fsp3) is 0.231. The van der Waals surface area contributed by atoms with Gasteiger partial charge in [0.2, 0.25) is 11.8 Å². The number of carbonyl (C=O) groups is 2. The molecule has 38 heavy (non-hydrogen) atoms. The number of halogens is 4. The molecule has 0 saturated carbocycles. The summed E-state index contributed by atoms with van der Waals surface area (Å²) in [6.07, 6.45) is 0. The second-order valence-corrected chi connectivity index (χ2v) is 11.7. The third-order valence-electron chi connectivity index (χ3n) is 5.70. The van der Waals surface area contributed by atoms with Crippen molar-refractivity contribution in [2.24, 2.45) is 0 Å². The van der Waals surface area contributed by atoms with Crippen molar-refractivity contribution in [3.63, 3.8) is 0 Å². The van der Waals surface area contributed by atoms with Crippen LogP contribution in [0.1, 0.15) is 19.4 Å². The average molecular weight is 617 g/mol. The molecule has 0 heterocycles. The second-order valence-electron chi connectivity index (χ2n) is 8.21. The predicted molar refractivity (Wildman–Crippen MR) is 153 cm³/mol. The molecule has 0 spiro atoms. The summed E-state index contributed by atoms with van der Waals surface area (Å²) in [7, 11) is -4.28. The van der Waals surface area contributed by atoms with Crippen molar-refractivity contribution in [1.29, 1.82) is 0 Å². The number of anilines is 1. The Morgan fingerprint density at radius 1 is 0.895 bits per heavy atom. The van der Waals surface area contributed by atoms with Gasteiger partial charge in [-0.3, -0.25) is 13.9 Å². The highest BCUT2D eigenvalue weighted by Gasteiger charge is 2.34. The molecular formula is C26H25Cl4N3O4S. The van der Waals surface area contributed by atoms with E-state index in [1.807, 2.05) is 0 Å². The Bertz CT molecular complexity index is 1400. The molecule has 1 N–H and O–H groups in total. The van der Waals surface area contributed by atoms with E-state index in [0.29, 0.717) is 22.2 Å². The molecule has 12 heteroatoms. The summed E-state index contributed by atoms with van der Waals surface area (Å²) in [5, 5.41) is 3.57. The van der Waals surface area contributed by atoms with E-state index >= 15 is 0 Å². The van der Waals surface area contributed by atoms with E-state index in [1.54, 1.807) is 43.3 Å². The molecular weight excluding hydrogens is 592 g/mol. The molecule has 3 rings (SSSR count). The second kappa shape index (κ2) is 13.0. The van der Waals surface area contributed by atoms with Gasteiger partial charge in [-0.2, -0.15) is 0 Å². The molecule has 3 aromatic rings. The zero-order valence-electron chi connectivity index (χ0n) is 20.5. The summed E-state index contributed by atoms with van der Waals surface area (Å²) in [5.41, 5.74) is 0.427. The molecule has 7 nitrogen and oxygen atoms in total. The fourth-order valence-electron chi connectivity index (χ4n) is 3.67. The Morgan fingerprint density at radius 3 is 2.13 bits per heavy atom. The molecule has 0 saturated heterocycles. The van der Waals surface area contributed by atoms with Crippen LogP contribution in [0.25, 0.3) is 0 Å². The summed E-state index contributed by atoms with van der Waals surface area (Å²) in [6.45, 7) is 2.80. The lowest BCUT2D eigenvalue weighted by molar-refractivity contribution is -0.139. The van der Waals surface area contributed by atoms with E-state index in [9.17, 15) is 18.0 Å². The molecule has 3 aromatic carbocycles. The lowest BCUT2D eigenvalue weighted by atomic mass is 10.1. The van der Waals surface area contributed by atoms with Crippen LogP contribution in [0.15, 0.2) is 71.6 Å². The van der Waals surface area contributed by atoms with Gasteiger partial charge in [0, 0.05) is 33.7 Å². The van der Waals surface area contributed by atoms with E-state index in [0.717, 1.165) is 4.31 Å². The van der Waals surface area contributed by atoms with E-state index in [4.69, 9.17) is 46.4 Å². The lowest BCUT2D eigenvalue weighted by Crippen LogP contribution is -2.51. The van der Waals surface area contributed by atoms with Crippen molar-refractivity contribution in [3.8, 4) is 0 Å². The maximum absolute atomic E-state index is 13.9. The predicted octanol–water partition coefficient (Wildman–Crippen LogP) is 6.05. The highest BCUT2D eigenvalue weighted by molar-refractivity contribution is 7.92. The summed E-state index contributed by atoms with van der Waals surface area (Å²) in [5.74, 6) is -1.11. The summed E-state index contributed by atoms with van der Waals surface area (Å²) in [6, 6.07) is 15.8. The van der Waals surface area contributed by atoms with Crippen molar-refractivity contribution in [1.82, 2.24) is 10.2 Å². The van der Waals surface area contributed by atoms with Crippen molar-refractivity contribution in [2.45, 2.75) is 31.3 Å². The van der Waals surface area contributed by atoms with Gasteiger partial charge in [0.05, 0.1) is 15.6 Å². The smallest absolute Gasteiger partial charge is 0.264 e. The Labute approximate surface area is 242 Å². The molecule has 0 aliphatic carbocycles. The Hall–Kier alpha value is -2.49. The molecule has 0 fully saturated rings. The van der Waals surface area contributed by atoms with E-state index in [-0.39, 0.29) is 27.2 Å². The van der Waals surface area contributed by atoms with E-state index in [2.05, 4.69) is 5.32 Å². The maximum atomic E-state index is 13.9. The first kappa shape index (κ1) is 30.1. The van der Waals surface area contributed by atoms with Crippen LogP contribution in [0.4, 0.5) is 5.69 Å². The van der Waals surface area contributed by atoms with E-state index < -0.39 is 34.4 Å². The number of nitrogens with one attached hydrogen (secondary N) is 1. The summed E-state index contributed by atoms with van der Waals surface area (Å²) < 4.78 is 28.4. The molecule has 2 amide bonds. The highest BCUT2D eigenvalue weighted by Crippen LogP contribution is 2.33. The number of sulfonamides is 1. The number of nitrogens with zero attached hydrogens (tertiary/aromatic N) is 2. The minimum absolute atomic E-state index is 0.0118. The number of hydrogen-bond acceptors (Lipinski definition) is 4. The number of likely N-dealkylation sites (N-methyl/N-ethyl adjacent to an activating group) is 1. The SMILES string of the molecule is CCNC(=O)[C@@H](C)N(Cc1c(Cl)cccc1Cl)C(=O)CN(c1cc(Cl)ccc1Cl)S(=O)(=O)c1ccccc1. The topological polar surface area (TPSA) is 86.8 Å². The van der Waals surface area contributed by atoms with Gasteiger partial charge in [0.25, 0.3) is 10.0 Å². The number of rotatable bonds is 10. The molecule has 0 unspecified atom stereocenters. The van der Waals surface area contributed by atoms with Crippen molar-refractivity contribution < 1.29 is 18.0 Å². The van der Waals surface area contributed by atoms with Gasteiger partial charge in [-0.1, -0.05) is 70.7 Å². The third kappa shape index (κ3) is 6.93. The molecule has 202 valence electrons. The number of amides is 2. The summed E-state index contributed by atoms with van der Waals surface area (Å²) in [4.78, 5) is 27.8. The quantitative estimate of drug-likeness (QED) is 0.300. The van der Waals surface area contributed by atoms with Crippen LogP contribution < -0.4 is 9.62 Å². The van der Waals surface area contributed by atoms with Crippen LogP contribution in [-0.4, -0.2) is 44.3 Å². The zero-order valence-corrected chi connectivity index (χ0v) is 24.3. The molecule has 0 radical (unpaired) electrons. The van der Waals surface area contributed by atoms with Gasteiger partial charge in [-0.25, -0.2) is 8.42 Å². The molecule has 0 bridgehead atoms. The van der Waals surface area contributed by atoms with Crippen LogP contribution in [0.2, 0.25) is 20.1 Å². The van der Waals surface area contributed by atoms with Crippen molar-refractivity contribution in [2.75, 3.05) is 17.4 Å². The maximum Gasteiger partial charge on any atom is 0.264 e. The minimum atomic E-state index is -4.28. The van der Waals surface area contributed by atoms with Gasteiger partial charge < -0.3 is 10.2 Å². The molecule has 0 aliphatic heterocycles. The largest absolute Gasteiger partial charge is 0.355 e. The first-order valence-corrected chi connectivity index (χ1v) is 14.5. The Morgan fingerprint density at radius 2 is 1.53 bits per heavy atom. The number of hydrogen-bond donors (Lipinski definition) is 1. The normalized spacial score (nSPS) is 12.1. The van der Waals surface area contributed by atoms with Crippen LogP contribution in [-0.2, 0) is 26.2 Å². The van der Waals surface area contributed by atoms with E-state index in [1.165, 1.54) is 42.2 Å². The molecule has 1 atom stereocenters. The van der Waals surface area contributed by atoms with Gasteiger partial charge in [-0.05, 0) is 56.3 Å². The monoisotopic (exact) mass is 615 g/mol. The molecule has 0 aromatic heterocycles. The van der Waals surface area contributed by atoms with Crippen LogP contribution >= 0.6 is 46.4 Å². The summed E-state index contributed by atoms with van der Waals surface area (Å²) >= 11 is 25.3. The van der Waals surface area contributed by atoms with Gasteiger partial charge in [-0.15, -0.1) is 0 Å². The van der Waals surface area contributed by atoms with Gasteiger partial charge in [0.15, 0.2) is 0 Å².